The van der Waals surface area contributed by atoms with E-state index in [0.29, 0.717) is 17.9 Å². The Morgan fingerprint density at radius 3 is 2.88 bits per heavy atom. The Morgan fingerprint density at radius 2 is 2.16 bits per heavy atom. The van der Waals surface area contributed by atoms with Gasteiger partial charge in [-0.1, -0.05) is 18.6 Å². The molecule has 3 N–H and O–H groups in total. The number of H-pyrrole nitrogens is 1. The monoisotopic (exact) mass is 343 g/mol. The van der Waals surface area contributed by atoms with Gasteiger partial charge in [0.05, 0.1) is 6.61 Å². The second-order valence-electron chi connectivity index (χ2n) is 6.39. The molecule has 2 aromatic rings. The molecule has 0 aliphatic carbocycles. The van der Waals surface area contributed by atoms with Gasteiger partial charge in [0.1, 0.15) is 6.33 Å². The summed E-state index contributed by atoms with van der Waals surface area (Å²) in [5.74, 6) is 0.619. The van der Waals surface area contributed by atoms with Crippen LogP contribution in [0.2, 0.25) is 0 Å². The summed E-state index contributed by atoms with van der Waals surface area (Å²) in [6, 6.07) is 7.58. The van der Waals surface area contributed by atoms with Gasteiger partial charge in [-0.15, -0.1) is 0 Å². The summed E-state index contributed by atoms with van der Waals surface area (Å²) >= 11 is 0. The maximum Gasteiger partial charge on any atom is 0.251 e. The normalized spacial score (nSPS) is 18.2. The molecule has 1 aromatic carbocycles. The van der Waals surface area contributed by atoms with Crippen molar-refractivity contribution in [3.63, 3.8) is 0 Å². The molecule has 1 amide bonds. The fourth-order valence-electron chi connectivity index (χ4n) is 3.27. The highest BCUT2D eigenvalue weighted by Gasteiger charge is 2.20. The summed E-state index contributed by atoms with van der Waals surface area (Å²) in [6.45, 7) is 2.82. The molecule has 1 unspecified atom stereocenters. The molecule has 0 radical (unpaired) electrons. The molecular formula is C18H25N5O2. The molecule has 3 rings (SSSR count). The molecule has 0 spiro atoms. The summed E-state index contributed by atoms with van der Waals surface area (Å²) < 4.78 is 0. The van der Waals surface area contributed by atoms with Crippen LogP contribution in [-0.4, -0.2) is 63.4 Å². The van der Waals surface area contributed by atoms with E-state index in [9.17, 15) is 9.90 Å². The van der Waals surface area contributed by atoms with E-state index in [2.05, 4.69) is 25.4 Å². The number of amides is 1. The third-order valence-electron chi connectivity index (χ3n) is 4.70. The van der Waals surface area contributed by atoms with E-state index in [1.165, 1.54) is 19.2 Å². The number of rotatable bonds is 7. The van der Waals surface area contributed by atoms with Crippen LogP contribution in [0.1, 0.15) is 36.0 Å². The zero-order valence-corrected chi connectivity index (χ0v) is 14.3. The van der Waals surface area contributed by atoms with Crippen LogP contribution in [0.3, 0.4) is 0 Å². The third-order valence-corrected chi connectivity index (χ3v) is 4.70. The van der Waals surface area contributed by atoms with Gasteiger partial charge in [0.2, 0.25) is 0 Å². The minimum absolute atomic E-state index is 0.0681. The van der Waals surface area contributed by atoms with E-state index in [1.54, 1.807) is 12.1 Å². The zero-order chi connectivity index (χ0) is 17.5. The van der Waals surface area contributed by atoms with Crippen molar-refractivity contribution >= 4 is 5.91 Å². The minimum atomic E-state index is -0.0681. The first-order valence-corrected chi connectivity index (χ1v) is 8.87. The number of likely N-dealkylation sites (tertiary alicyclic amines) is 1. The zero-order valence-electron chi connectivity index (χ0n) is 14.3. The SMILES string of the molecule is O=C(NCCCN1CCCCC1CO)c1ccc(-c2ncn[nH]2)cc1. The number of nitrogens with zero attached hydrogens (tertiary/aromatic N) is 3. The molecule has 2 heterocycles. The van der Waals surface area contributed by atoms with Gasteiger partial charge in [0.15, 0.2) is 5.82 Å². The number of carbonyl (C=O) groups excluding carboxylic acids is 1. The average molecular weight is 343 g/mol. The van der Waals surface area contributed by atoms with E-state index in [-0.39, 0.29) is 18.6 Å². The van der Waals surface area contributed by atoms with E-state index in [4.69, 9.17) is 0 Å². The van der Waals surface area contributed by atoms with Crippen molar-refractivity contribution in [2.45, 2.75) is 31.7 Å². The van der Waals surface area contributed by atoms with Crippen molar-refractivity contribution in [1.82, 2.24) is 25.4 Å². The van der Waals surface area contributed by atoms with Crippen LogP contribution in [0.5, 0.6) is 0 Å². The van der Waals surface area contributed by atoms with Crippen molar-refractivity contribution in [2.75, 3.05) is 26.2 Å². The van der Waals surface area contributed by atoms with E-state index < -0.39 is 0 Å². The largest absolute Gasteiger partial charge is 0.395 e. The lowest BCUT2D eigenvalue weighted by molar-refractivity contribution is 0.0868. The van der Waals surface area contributed by atoms with Gasteiger partial charge in [0, 0.05) is 30.3 Å². The number of aromatic amines is 1. The van der Waals surface area contributed by atoms with Gasteiger partial charge in [-0.3, -0.25) is 14.8 Å². The number of aliphatic hydroxyl groups is 1. The Hall–Kier alpha value is -2.25. The molecule has 0 bridgehead atoms. The fraction of sp³-hybridized carbons (Fsp3) is 0.500. The van der Waals surface area contributed by atoms with E-state index in [0.717, 1.165) is 31.5 Å². The molecule has 0 saturated carbocycles. The van der Waals surface area contributed by atoms with Gasteiger partial charge in [0.25, 0.3) is 5.91 Å². The van der Waals surface area contributed by atoms with Gasteiger partial charge in [-0.05, 0) is 37.9 Å². The van der Waals surface area contributed by atoms with Crippen molar-refractivity contribution in [1.29, 1.82) is 0 Å². The molecule has 1 atom stereocenters. The van der Waals surface area contributed by atoms with Crippen molar-refractivity contribution < 1.29 is 9.90 Å². The van der Waals surface area contributed by atoms with Crippen molar-refractivity contribution in [3.05, 3.63) is 36.2 Å². The molecule has 7 heteroatoms. The molecule has 1 fully saturated rings. The van der Waals surface area contributed by atoms with Gasteiger partial charge in [-0.25, -0.2) is 4.98 Å². The molecule has 1 aliphatic rings. The molecule has 134 valence electrons. The summed E-state index contributed by atoms with van der Waals surface area (Å²) in [7, 11) is 0. The summed E-state index contributed by atoms with van der Waals surface area (Å²) in [5, 5.41) is 19.0. The summed E-state index contributed by atoms with van der Waals surface area (Å²) in [6.07, 6.45) is 5.81. The van der Waals surface area contributed by atoms with Gasteiger partial charge < -0.3 is 10.4 Å². The summed E-state index contributed by atoms with van der Waals surface area (Å²) in [4.78, 5) is 18.6. The lowest BCUT2D eigenvalue weighted by Gasteiger charge is -2.34. The smallest absolute Gasteiger partial charge is 0.251 e. The quantitative estimate of drug-likeness (QED) is 0.661. The fourth-order valence-corrected chi connectivity index (χ4v) is 3.27. The molecule has 25 heavy (non-hydrogen) atoms. The third kappa shape index (κ3) is 4.64. The minimum Gasteiger partial charge on any atom is -0.395 e. The maximum absolute atomic E-state index is 12.2. The highest BCUT2D eigenvalue weighted by atomic mass is 16.3. The lowest BCUT2D eigenvalue weighted by atomic mass is 10.0. The first-order valence-electron chi connectivity index (χ1n) is 8.87. The predicted molar refractivity (Wildman–Crippen MR) is 95.1 cm³/mol. The highest BCUT2D eigenvalue weighted by molar-refractivity contribution is 5.94. The Bertz CT molecular complexity index is 657. The van der Waals surface area contributed by atoms with E-state index >= 15 is 0 Å². The second-order valence-corrected chi connectivity index (χ2v) is 6.39. The first-order chi connectivity index (χ1) is 12.3. The Kier molecular flexibility index (Phi) is 6.14. The lowest BCUT2D eigenvalue weighted by Crippen LogP contribution is -2.43. The average Bonchev–Trinajstić information content (AvgIpc) is 3.20. The number of benzene rings is 1. The maximum atomic E-state index is 12.2. The van der Waals surface area contributed by atoms with Crippen molar-refractivity contribution in [3.8, 4) is 11.4 Å². The molecular weight excluding hydrogens is 318 g/mol. The number of hydrogen-bond acceptors (Lipinski definition) is 5. The van der Waals surface area contributed by atoms with Gasteiger partial charge >= 0.3 is 0 Å². The number of aromatic nitrogens is 3. The standard InChI is InChI=1S/C18H25N5O2/c24-12-16-4-1-2-10-23(16)11-3-9-19-18(25)15-7-5-14(6-8-15)17-20-13-21-22-17/h5-8,13,16,24H,1-4,9-12H2,(H,19,25)(H,20,21,22). The molecule has 1 aliphatic heterocycles. The van der Waals surface area contributed by atoms with Crippen LogP contribution < -0.4 is 5.32 Å². The second kappa shape index (κ2) is 8.73. The molecule has 1 saturated heterocycles. The number of nitrogens with one attached hydrogen (secondary N) is 2. The van der Waals surface area contributed by atoms with Gasteiger partial charge in [-0.2, -0.15) is 5.10 Å². The first kappa shape index (κ1) is 17.6. The molecule has 7 nitrogen and oxygen atoms in total. The number of hydrogen-bond donors (Lipinski definition) is 3. The van der Waals surface area contributed by atoms with Crippen LogP contribution in [0, 0.1) is 0 Å². The Morgan fingerprint density at radius 1 is 1.32 bits per heavy atom. The predicted octanol–water partition coefficient (Wildman–Crippen LogP) is 1.44. The Labute approximate surface area is 147 Å². The van der Waals surface area contributed by atoms with Crippen LogP contribution in [0.15, 0.2) is 30.6 Å². The van der Waals surface area contributed by atoms with Crippen LogP contribution in [0.25, 0.3) is 11.4 Å². The van der Waals surface area contributed by atoms with E-state index in [1.807, 2.05) is 12.1 Å². The topological polar surface area (TPSA) is 94.1 Å². The van der Waals surface area contributed by atoms with Crippen molar-refractivity contribution in [2.24, 2.45) is 0 Å². The highest BCUT2D eigenvalue weighted by Crippen LogP contribution is 2.17. The number of aliphatic hydroxyl groups excluding tert-OH is 1. The van der Waals surface area contributed by atoms with Crippen LogP contribution in [0.4, 0.5) is 0 Å². The van der Waals surface area contributed by atoms with Crippen LogP contribution >= 0.6 is 0 Å². The summed E-state index contributed by atoms with van der Waals surface area (Å²) in [5.41, 5.74) is 1.53. The Balaban J connectivity index is 1.43. The molecule has 1 aromatic heterocycles. The van der Waals surface area contributed by atoms with Crippen LogP contribution in [-0.2, 0) is 0 Å². The number of carbonyl (C=O) groups is 1. The number of piperidine rings is 1.